The number of nitrogens with zero attached hydrogens (tertiary/aromatic N) is 3. The van der Waals surface area contributed by atoms with Crippen molar-refractivity contribution < 1.29 is 9.15 Å². The number of halogens is 1. The molecule has 0 spiro atoms. The van der Waals surface area contributed by atoms with Crippen LogP contribution in [-0.4, -0.2) is 21.4 Å². The van der Waals surface area contributed by atoms with Gasteiger partial charge in [-0.3, -0.25) is 0 Å². The number of ether oxygens (including phenoxy) is 1. The Labute approximate surface area is 188 Å². The largest absolute Gasteiger partial charge is 0.484 e. The average molecular weight is 458 g/mol. The van der Waals surface area contributed by atoms with Crippen molar-refractivity contribution in [2.75, 3.05) is 6.26 Å². The highest BCUT2D eigenvalue weighted by Crippen LogP contribution is 2.29. The molecule has 2 aromatic carbocycles. The fraction of sp³-hybridized carbons (Fsp3) is 0.227. The van der Waals surface area contributed by atoms with Gasteiger partial charge in [-0.25, -0.2) is 4.98 Å². The van der Waals surface area contributed by atoms with Crippen LogP contribution in [0.4, 0.5) is 0 Å². The SMILES string of the molecule is CSc1ccc2cc(CSc3nnc(COc4cc(C)ccc4C)o3)c(Cl)nc2c1. The third-order valence-corrected chi connectivity index (χ3v) is 6.47. The van der Waals surface area contributed by atoms with E-state index in [0.29, 0.717) is 22.0 Å². The Morgan fingerprint density at radius 2 is 1.93 bits per heavy atom. The highest BCUT2D eigenvalue weighted by atomic mass is 35.5. The number of hydrogen-bond acceptors (Lipinski definition) is 7. The summed E-state index contributed by atoms with van der Waals surface area (Å²) < 4.78 is 11.5. The summed E-state index contributed by atoms with van der Waals surface area (Å²) in [6.07, 6.45) is 2.04. The van der Waals surface area contributed by atoms with Gasteiger partial charge in [0.2, 0.25) is 0 Å². The number of hydrogen-bond donors (Lipinski definition) is 0. The van der Waals surface area contributed by atoms with Gasteiger partial charge >= 0.3 is 0 Å². The van der Waals surface area contributed by atoms with Crippen molar-refractivity contribution in [3.05, 3.63) is 70.2 Å². The summed E-state index contributed by atoms with van der Waals surface area (Å²) in [6.45, 7) is 4.27. The van der Waals surface area contributed by atoms with Crippen LogP contribution in [0.3, 0.4) is 0 Å². The van der Waals surface area contributed by atoms with Gasteiger partial charge in [0.25, 0.3) is 11.1 Å². The molecule has 0 radical (unpaired) electrons. The van der Waals surface area contributed by atoms with Gasteiger partial charge in [0.05, 0.1) is 5.52 Å². The van der Waals surface area contributed by atoms with Crippen molar-refractivity contribution in [1.82, 2.24) is 15.2 Å². The quantitative estimate of drug-likeness (QED) is 0.232. The van der Waals surface area contributed by atoms with Crippen LogP contribution in [-0.2, 0) is 12.4 Å². The lowest BCUT2D eigenvalue weighted by Gasteiger charge is -2.07. The molecule has 8 heteroatoms. The molecule has 2 aromatic heterocycles. The molecule has 0 aliphatic heterocycles. The number of rotatable bonds is 7. The van der Waals surface area contributed by atoms with Crippen LogP contribution in [0.15, 0.2) is 57.0 Å². The predicted molar refractivity (Wildman–Crippen MR) is 123 cm³/mol. The summed E-state index contributed by atoms with van der Waals surface area (Å²) in [7, 11) is 0. The summed E-state index contributed by atoms with van der Waals surface area (Å²) in [5, 5.41) is 10.2. The molecule has 0 aliphatic carbocycles. The molecule has 0 bridgehead atoms. The molecule has 5 nitrogen and oxygen atoms in total. The number of aryl methyl sites for hydroxylation is 2. The van der Waals surface area contributed by atoms with Gasteiger partial charge in [0, 0.05) is 21.6 Å². The maximum Gasteiger partial charge on any atom is 0.277 e. The van der Waals surface area contributed by atoms with Crippen molar-refractivity contribution >= 4 is 46.0 Å². The first kappa shape index (κ1) is 21.0. The van der Waals surface area contributed by atoms with Crippen molar-refractivity contribution in [3.63, 3.8) is 0 Å². The van der Waals surface area contributed by atoms with Crippen LogP contribution >= 0.6 is 35.1 Å². The standard InChI is InChI=1S/C22H20ClN3O2S2/c1-13-4-5-14(2)19(8-13)27-11-20-25-26-22(28-20)30-12-16-9-15-6-7-17(29-3)10-18(15)24-21(16)23/h4-10H,11-12H2,1-3H3. The number of thioether (sulfide) groups is 2. The first-order valence-electron chi connectivity index (χ1n) is 9.30. The minimum Gasteiger partial charge on any atom is -0.484 e. The molecule has 154 valence electrons. The molecule has 0 saturated carbocycles. The summed E-state index contributed by atoms with van der Waals surface area (Å²) >= 11 is 9.51. The Hall–Kier alpha value is -2.22. The fourth-order valence-electron chi connectivity index (χ4n) is 2.89. The zero-order valence-corrected chi connectivity index (χ0v) is 19.2. The molecule has 0 saturated heterocycles. The summed E-state index contributed by atoms with van der Waals surface area (Å²) in [6, 6.07) is 14.3. The lowest BCUT2D eigenvalue weighted by Crippen LogP contribution is -1.97. The first-order chi connectivity index (χ1) is 14.5. The smallest absolute Gasteiger partial charge is 0.277 e. The van der Waals surface area contributed by atoms with E-state index in [0.717, 1.165) is 38.2 Å². The van der Waals surface area contributed by atoms with E-state index in [1.54, 1.807) is 11.8 Å². The second-order valence-corrected chi connectivity index (χ2v) is 8.97. The summed E-state index contributed by atoms with van der Waals surface area (Å²) in [5.41, 5.74) is 4.03. The highest BCUT2D eigenvalue weighted by Gasteiger charge is 2.12. The van der Waals surface area contributed by atoms with Gasteiger partial charge in [-0.2, -0.15) is 0 Å². The molecule has 0 atom stereocenters. The molecule has 0 amide bonds. The molecule has 0 N–H and O–H groups in total. The molecule has 4 aromatic rings. The lowest BCUT2D eigenvalue weighted by molar-refractivity contribution is 0.250. The molecule has 0 unspecified atom stereocenters. The van der Waals surface area contributed by atoms with Crippen molar-refractivity contribution in [2.45, 2.75) is 36.3 Å². The zero-order valence-electron chi connectivity index (χ0n) is 16.8. The van der Waals surface area contributed by atoms with E-state index in [1.165, 1.54) is 11.8 Å². The number of aromatic nitrogens is 3. The van der Waals surface area contributed by atoms with E-state index in [2.05, 4.69) is 39.4 Å². The first-order valence-corrected chi connectivity index (χ1v) is 11.9. The number of pyridine rings is 1. The van der Waals surface area contributed by atoms with Gasteiger partial charge in [-0.15, -0.1) is 22.0 Å². The molecule has 2 heterocycles. The Balaban J connectivity index is 1.40. The van der Waals surface area contributed by atoms with Gasteiger partial charge in [-0.1, -0.05) is 41.6 Å². The van der Waals surface area contributed by atoms with E-state index in [1.807, 2.05) is 38.3 Å². The lowest BCUT2D eigenvalue weighted by atomic mass is 10.1. The minimum atomic E-state index is 0.230. The maximum atomic E-state index is 6.40. The Morgan fingerprint density at radius 3 is 2.77 bits per heavy atom. The predicted octanol–water partition coefficient (Wildman–Crippen LogP) is 6.48. The topological polar surface area (TPSA) is 61.0 Å². The van der Waals surface area contributed by atoms with Crippen molar-refractivity contribution in [1.29, 1.82) is 0 Å². The van der Waals surface area contributed by atoms with Crippen LogP contribution in [0.5, 0.6) is 5.75 Å². The number of benzene rings is 2. The third kappa shape index (κ3) is 4.91. The van der Waals surface area contributed by atoms with Crippen LogP contribution in [0.2, 0.25) is 5.15 Å². The second kappa shape index (κ2) is 9.29. The van der Waals surface area contributed by atoms with Crippen molar-refractivity contribution in [2.24, 2.45) is 0 Å². The van der Waals surface area contributed by atoms with E-state index in [9.17, 15) is 0 Å². The molecular weight excluding hydrogens is 438 g/mol. The van der Waals surface area contributed by atoms with Gasteiger partial charge in [0.1, 0.15) is 10.9 Å². The minimum absolute atomic E-state index is 0.230. The van der Waals surface area contributed by atoms with Gasteiger partial charge < -0.3 is 9.15 Å². The van der Waals surface area contributed by atoms with Crippen molar-refractivity contribution in [3.8, 4) is 5.75 Å². The van der Waals surface area contributed by atoms with Crippen LogP contribution in [0.1, 0.15) is 22.6 Å². The van der Waals surface area contributed by atoms with E-state index < -0.39 is 0 Å². The Bertz CT molecular complexity index is 1200. The number of fused-ring (bicyclic) bond motifs is 1. The van der Waals surface area contributed by atoms with Crippen LogP contribution in [0, 0.1) is 13.8 Å². The monoisotopic (exact) mass is 457 g/mol. The second-order valence-electron chi connectivity index (χ2n) is 6.80. The Kier molecular flexibility index (Phi) is 6.51. The Morgan fingerprint density at radius 1 is 1.07 bits per heavy atom. The van der Waals surface area contributed by atoms with E-state index in [4.69, 9.17) is 20.8 Å². The molecule has 4 rings (SSSR count). The highest BCUT2D eigenvalue weighted by molar-refractivity contribution is 7.98. The third-order valence-electron chi connectivity index (χ3n) is 4.55. The molecule has 0 aliphatic rings. The van der Waals surface area contributed by atoms with Crippen LogP contribution < -0.4 is 4.74 Å². The van der Waals surface area contributed by atoms with E-state index in [-0.39, 0.29) is 6.61 Å². The van der Waals surface area contributed by atoms with Gasteiger partial charge in [-0.05, 0) is 55.5 Å². The fourth-order valence-corrected chi connectivity index (χ4v) is 4.37. The average Bonchev–Trinajstić information content (AvgIpc) is 3.20. The maximum absolute atomic E-state index is 6.40. The molecule has 30 heavy (non-hydrogen) atoms. The van der Waals surface area contributed by atoms with Crippen LogP contribution in [0.25, 0.3) is 10.9 Å². The van der Waals surface area contributed by atoms with E-state index >= 15 is 0 Å². The summed E-state index contributed by atoms with van der Waals surface area (Å²) in [4.78, 5) is 5.69. The molecular formula is C22H20ClN3O2S2. The van der Waals surface area contributed by atoms with Gasteiger partial charge in [0.15, 0.2) is 6.61 Å². The molecule has 0 fully saturated rings. The zero-order chi connectivity index (χ0) is 21.1. The normalized spacial score (nSPS) is 11.2. The summed E-state index contributed by atoms with van der Waals surface area (Å²) in [5.74, 6) is 1.85.